The number of hydrogen-bond acceptors (Lipinski definition) is 3. The van der Waals surface area contributed by atoms with Crippen LogP contribution in [0.2, 0.25) is 0 Å². The van der Waals surface area contributed by atoms with Crippen molar-refractivity contribution in [2.75, 3.05) is 22.5 Å². The van der Waals surface area contributed by atoms with Gasteiger partial charge in [-0.1, -0.05) is 56.3 Å². The number of rotatable bonds is 4. The van der Waals surface area contributed by atoms with Crippen LogP contribution in [-0.4, -0.2) is 29.1 Å². The highest BCUT2D eigenvalue weighted by Crippen LogP contribution is 2.54. The van der Waals surface area contributed by atoms with E-state index < -0.39 is 4.87 Å². The predicted octanol–water partition coefficient (Wildman–Crippen LogP) is 5.93. The summed E-state index contributed by atoms with van der Waals surface area (Å²) in [5, 5.41) is 2.98. The molecule has 3 aromatic rings. The summed E-state index contributed by atoms with van der Waals surface area (Å²) in [5.74, 6) is 0.533. The summed E-state index contributed by atoms with van der Waals surface area (Å²) in [6.07, 6.45) is 0. The lowest BCUT2D eigenvalue weighted by Gasteiger charge is -2.33. The normalized spacial score (nSPS) is 19.2. The molecule has 5 nitrogen and oxygen atoms in total. The van der Waals surface area contributed by atoms with Gasteiger partial charge in [0.15, 0.2) is 4.87 Å². The van der Waals surface area contributed by atoms with E-state index in [1.54, 1.807) is 21.9 Å². The van der Waals surface area contributed by atoms with Crippen molar-refractivity contribution in [3.8, 4) is 0 Å². The summed E-state index contributed by atoms with van der Waals surface area (Å²) in [4.78, 5) is 29.6. The molecule has 1 unspecified atom stereocenters. The molecule has 7 heteroatoms. The Balaban J connectivity index is 1.46. The topological polar surface area (TPSA) is 52.7 Å². The van der Waals surface area contributed by atoms with Gasteiger partial charge in [-0.25, -0.2) is 9.18 Å². The van der Waals surface area contributed by atoms with Crippen LogP contribution < -0.4 is 10.2 Å². The molecule has 34 heavy (non-hydrogen) atoms. The fourth-order valence-corrected chi connectivity index (χ4v) is 6.15. The average Bonchev–Trinajstić information content (AvgIpc) is 3.37. The molecule has 0 aromatic heterocycles. The molecule has 1 fully saturated rings. The van der Waals surface area contributed by atoms with Gasteiger partial charge in [-0.15, -0.1) is 11.8 Å². The van der Waals surface area contributed by atoms with Crippen molar-refractivity contribution >= 4 is 35.1 Å². The largest absolute Gasteiger partial charge is 0.323 e. The highest BCUT2D eigenvalue weighted by atomic mass is 32.2. The van der Waals surface area contributed by atoms with Crippen LogP contribution in [0.4, 0.5) is 20.6 Å². The number of anilines is 2. The number of thioether (sulfide) groups is 1. The van der Waals surface area contributed by atoms with E-state index in [1.807, 2.05) is 48.5 Å². The Bertz CT molecular complexity index is 1250. The Morgan fingerprint density at radius 3 is 2.59 bits per heavy atom. The maximum absolute atomic E-state index is 14.0. The number of nitrogens with zero attached hydrogens (tertiary/aromatic N) is 2. The molecule has 0 radical (unpaired) electrons. The van der Waals surface area contributed by atoms with E-state index in [1.165, 1.54) is 29.5 Å². The molecule has 2 heterocycles. The first kappa shape index (κ1) is 22.5. The maximum atomic E-state index is 14.0. The number of benzene rings is 3. The summed E-state index contributed by atoms with van der Waals surface area (Å²) in [6, 6.07) is 21.3. The summed E-state index contributed by atoms with van der Waals surface area (Å²) < 4.78 is 13.8. The van der Waals surface area contributed by atoms with Crippen molar-refractivity contribution < 1.29 is 14.0 Å². The lowest BCUT2D eigenvalue weighted by molar-refractivity contribution is -0.123. The molecule has 3 amide bonds. The van der Waals surface area contributed by atoms with E-state index in [0.717, 1.165) is 11.3 Å². The average molecular weight is 476 g/mol. The number of carbonyl (C=O) groups is 2. The molecular weight excluding hydrogens is 449 g/mol. The SMILES string of the molecule is CC(C)c1ccc(NC(=O)N2CCSC23C(=O)N(Cc2cccc(F)c2)c2ccccc23)cc1. The first-order valence-electron chi connectivity index (χ1n) is 11.4. The quantitative estimate of drug-likeness (QED) is 0.509. The van der Waals surface area contributed by atoms with Gasteiger partial charge >= 0.3 is 6.03 Å². The van der Waals surface area contributed by atoms with Crippen LogP contribution in [0.1, 0.15) is 36.5 Å². The van der Waals surface area contributed by atoms with Gasteiger partial charge < -0.3 is 10.2 Å². The third kappa shape index (κ3) is 3.74. The zero-order chi connectivity index (χ0) is 23.9. The number of nitrogens with one attached hydrogen (secondary N) is 1. The molecule has 2 aliphatic heterocycles. The second-order valence-electron chi connectivity index (χ2n) is 8.89. The monoisotopic (exact) mass is 475 g/mol. The molecular formula is C27H26FN3O2S. The standard InChI is InChI=1S/C27H26FN3O2S/c1-18(2)20-10-12-22(13-11-20)29-26(33)31-14-15-34-27(31)23-8-3-4-9-24(23)30(25(27)32)17-19-6-5-7-21(28)16-19/h3-13,16,18H,14-15,17H2,1-2H3,(H,29,33). The van der Waals surface area contributed by atoms with Crippen LogP contribution in [0.5, 0.6) is 0 Å². The third-order valence-corrected chi connectivity index (χ3v) is 7.82. The van der Waals surface area contributed by atoms with E-state index >= 15 is 0 Å². The molecule has 1 atom stereocenters. The minimum Gasteiger partial charge on any atom is -0.308 e. The Morgan fingerprint density at radius 1 is 1.09 bits per heavy atom. The molecule has 174 valence electrons. The van der Waals surface area contributed by atoms with Crippen molar-refractivity contribution in [3.63, 3.8) is 0 Å². The lowest BCUT2D eigenvalue weighted by atomic mass is 10.0. The molecule has 5 rings (SSSR count). The number of urea groups is 1. The van der Waals surface area contributed by atoms with Crippen LogP contribution in [0.3, 0.4) is 0 Å². The van der Waals surface area contributed by atoms with Crippen LogP contribution in [0.25, 0.3) is 0 Å². The van der Waals surface area contributed by atoms with Crippen LogP contribution in [0.15, 0.2) is 72.8 Å². The van der Waals surface area contributed by atoms with Gasteiger partial charge in [0.1, 0.15) is 5.82 Å². The fourth-order valence-electron chi connectivity index (χ4n) is 4.69. The minimum absolute atomic E-state index is 0.175. The number of amides is 3. The zero-order valence-electron chi connectivity index (χ0n) is 19.1. The summed E-state index contributed by atoms with van der Waals surface area (Å²) in [6.45, 7) is 4.94. The summed E-state index contributed by atoms with van der Waals surface area (Å²) in [7, 11) is 0. The van der Waals surface area contributed by atoms with Crippen LogP contribution in [0, 0.1) is 5.82 Å². The van der Waals surface area contributed by atoms with Crippen LogP contribution >= 0.6 is 11.8 Å². The van der Waals surface area contributed by atoms with Crippen molar-refractivity contribution in [2.24, 2.45) is 0 Å². The molecule has 3 aromatic carbocycles. The first-order valence-corrected chi connectivity index (χ1v) is 12.4. The fraction of sp³-hybridized carbons (Fsp3) is 0.259. The highest BCUT2D eigenvalue weighted by Gasteiger charge is 2.59. The molecule has 0 saturated carbocycles. The van der Waals surface area contributed by atoms with Crippen molar-refractivity contribution in [3.05, 3.63) is 95.3 Å². The number of halogens is 1. The van der Waals surface area contributed by atoms with Gasteiger partial charge in [0.2, 0.25) is 0 Å². The molecule has 1 N–H and O–H groups in total. The van der Waals surface area contributed by atoms with E-state index in [9.17, 15) is 14.0 Å². The Kier molecular flexibility index (Phi) is 5.81. The van der Waals surface area contributed by atoms with Gasteiger partial charge in [0, 0.05) is 23.5 Å². The van der Waals surface area contributed by atoms with Crippen LogP contribution in [-0.2, 0) is 16.2 Å². The van der Waals surface area contributed by atoms with E-state index in [2.05, 4.69) is 19.2 Å². The number of para-hydroxylation sites is 1. The molecule has 1 spiro atoms. The molecule has 0 bridgehead atoms. The second kappa shape index (κ2) is 8.80. The van der Waals surface area contributed by atoms with E-state index in [4.69, 9.17) is 0 Å². The summed E-state index contributed by atoms with van der Waals surface area (Å²) in [5.41, 5.74) is 4.13. The Labute approximate surface area is 202 Å². The predicted molar refractivity (Wildman–Crippen MR) is 134 cm³/mol. The van der Waals surface area contributed by atoms with Gasteiger partial charge in [0.25, 0.3) is 5.91 Å². The van der Waals surface area contributed by atoms with Crippen molar-refractivity contribution in [1.82, 2.24) is 4.90 Å². The number of hydrogen-bond donors (Lipinski definition) is 1. The van der Waals surface area contributed by atoms with Gasteiger partial charge in [-0.05, 0) is 47.4 Å². The smallest absolute Gasteiger partial charge is 0.308 e. The van der Waals surface area contributed by atoms with Gasteiger partial charge in [-0.3, -0.25) is 9.69 Å². The minimum atomic E-state index is -1.13. The highest BCUT2D eigenvalue weighted by molar-refractivity contribution is 8.01. The lowest BCUT2D eigenvalue weighted by Crippen LogP contribution is -2.51. The molecule has 2 aliphatic rings. The van der Waals surface area contributed by atoms with E-state index in [0.29, 0.717) is 29.5 Å². The Morgan fingerprint density at radius 2 is 1.85 bits per heavy atom. The summed E-state index contributed by atoms with van der Waals surface area (Å²) >= 11 is 1.47. The Hall–Kier alpha value is -3.32. The number of carbonyl (C=O) groups excluding carboxylic acids is 2. The number of fused-ring (bicyclic) bond motifs is 2. The molecule has 1 saturated heterocycles. The maximum Gasteiger partial charge on any atom is 0.323 e. The third-order valence-electron chi connectivity index (χ3n) is 6.40. The first-order chi connectivity index (χ1) is 16.4. The van der Waals surface area contributed by atoms with Crippen molar-refractivity contribution in [2.45, 2.75) is 31.2 Å². The zero-order valence-corrected chi connectivity index (χ0v) is 19.9. The van der Waals surface area contributed by atoms with Gasteiger partial charge in [-0.2, -0.15) is 0 Å². The van der Waals surface area contributed by atoms with Gasteiger partial charge in [0.05, 0.1) is 12.2 Å². The van der Waals surface area contributed by atoms with Crippen molar-refractivity contribution in [1.29, 1.82) is 0 Å². The second-order valence-corrected chi connectivity index (χ2v) is 10.2. The molecule has 0 aliphatic carbocycles. The van der Waals surface area contributed by atoms with E-state index in [-0.39, 0.29) is 24.3 Å².